The van der Waals surface area contributed by atoms with Crippen LogP contribution in [0.5, 0.6) is 0 Å². The average Bonchev–Trinajstić information content (AvgIpc) is 2.97. The third kappa shape index (κ3) is 4.18. The topological polar surface area (TPSA) is 69.6 Å². The number of carbonyl (C=O) groups excluding carboxylic acids is 1. The van der Waals surface area contributed by atoms with Crippen LogP contribution in [0.1, 0.15) is 32.6 Å². The van der Waals surface area contributed by atoms with Gasteiger partial charge in [0.15, 0.2) is 0 Å². The second-order valence-corrected chi connectivity index (χ2v) is 3.84. The van der Waals surface area contributed by atoms with Crippen molar-refractivity contribution in [2.24, 2.45) is 0 Å². The Hall–Kier alpha value is -1.26. The van der Waals surface area contributed by atoms with Crippen molar-refractivity contribution in [1.29, 1.82) is 0 Å². The van der Waals surface area contributed by atoms with Crippen molar-refractivity contribution in [1.82, 2.24) is 10.2 Å². The molecule has 2 amide bonds. The zero-order valence-electron chi connectivity index (χ0n) is 9.03. The molecular weight excluding hydrogens is 196 g/mol. The van der Waals surface area contributed by atoms with Crippen molar-refractivity contribution in [3.63, 3.8) is 0 Å². The Labute approximate surface area is 89.4 Å². The highest BCUT2D eigenvalue weighted by Crippen LogP contribution is 2.26. The zero-order chi connectivity index (χ0) is 11.3. The molecule has 5 nitrogen and oxygen atoms in total. The minimum Gasteiger partial charge on any atom is -0.480 e. The quantitative estimate of drug-likeness (QED) is 0.649. The standard InChI is InChI=1S/C10H18N2O3/c1-2-3-6-11-10(15)12(7-9(13)14)8-4-5-8/h8H,2-7H2,1H3,(H,11,15)(H,13,14). The summed E-state index contributed by atoms with van der Waals surface area (Å²) in [6.07, 6.45) is 3.79. The van der Waals surface area contributed by atoms with E-state index in [0.717, 1.165) is 25.7 Å². The molecule has 86 valence electrons. The molecule has 0 saturated heterocycles. The van der Waals surface area contributed by atoms with Gasteiger partial charge in [0.2, 0.25) is 0 Å². The Morgan fingerprint density at radius 2 is 2.13 bits per heavy atom. The number of carboxylic acids is 1. The number of hydrogen-bond donors (Lipinski definition) is 2. The summed E-state index contributed by atoms with van der Waals surface area (Å²) < 4.78 is 0. The molecule has 1 rings (SSSR count). The van der Waals surface area contributed by atoms with Crippen LogP contribution < -0.4 is 5.32 Å². The fourth-order valence-corrected chi connectivity index (χ4v) is 1.37. The van der Waals surface area contributed by atoms with Crippen LogP contribution in [0.15, 0.2) is 0 Å². The van der Waals surface area contributed by atoms with Gasteiger partial charge in [-0.15, -0.1) is 0 Å². The number of carboxylic acid groups (broad SMARTS) is 1. The summed E-state index contributed by atoms with van der Waals surface area (Å²) in [5, 5.41) is 11.4. The predicted molar refractivity (Wildman–Crippen MR) is 55.7 cm³/mol. The first kappa shape index (κ1) is 11.8. The molecule has 1 aliphatic carbocycles. The van der Waals surface area contributed by atoms with Crippen molar-refractivity contribution in [2.45, 2.75) is 38.6 Å². The van der Waals surface area contributed by atoms with Crippen molar-refractivity contribution < 1.29 is 14.7 Å². The number of amides is 2. The van der Waals surface area contributed by atoms with Gasteiger partial charge in [-0.05, 0) is 19.3 Å². The fourth-order valence-electron chi connectivity index (χ4n) is 1.37. The van der Waals surface area contributed by atoms with Crippen LogP contribution in [-0.2, 0) is 4.79 Å². The molecule has 0 unspecified atom stereocenters. The molecule has 15 heavy (non-hydrogen) atoms. The highest BCUT2D eigenvalue weighted by molar-refractivity contribution is 5.80. The van der Waals surface area contributed by atoms with E-state index in [0.29, 0.717) is 6.54 Å². The molecule has 0 heterocycles. The molecule has 0 atom stereocenters. The van der Waals surface area contributed by atoms with E-state index < -0.39 is 5.97 Å². The van der Waals surface area contributed by atoms with Gasteiger partial charge in [-0.1, -0.05) is 13.3 Å². The van der Waals surface area contributed by atoms with Crippen molar-refractivity contribution in [2.75, 3.05) is 13.1 Å². The molecule has 0 spiro atoms. The lowest BCUT2D eigenvalue weighted by atomic mass is 10.3. The summed E-state index contributed by atoms with van der Waals surface area (Å²) >= 11 is 0. The molecule has 0 bridgehead atoms. The van der Waals surface area contributed by atoms with Crippen LogP contribution in [0.3, 0.4) is 0 Å². The van der Waals surface area contributed by atoms with Gasteiger partial charge in [0, 0.05) is 12.6 Å². The Kier molecular flexibility index (Phi) is 4.39. The van der Waals surface area contributed by atoms with Gasteiger partial charge >= 0.3 is 12.0 Å². The maximum atomic E-state index is 11.6. The van der Waals surface area contributed by atoms with E-state index in [1.807, 2.05) is 6.92 Å². The van der Waals surface area contributed by atoms with E-state index >= 15 is 0 Å². The Morgan fingerprint density at radius 1 is 1.47 bits per heavy atom. The van der Waals surface area contributed by atoms with E-state index in [-0.39, 0.29) is 18.6 Å². The van der Waals surface area contributed by atoms with E-state index in [9.17, 15) is 9.59 Å². The van der Waals surface area contributed by atoms with Crippen LogP contribution >= 0.6 is 0 Å². The summed E-state index contributed by atoms with van der Waals surface area (Å²) in [6.45, 7) is 2.48. The second kappa shape index (κ2) is 5.58. The third-order valence-electron chi connectivity index (χ3n) is 2.36. The van der Waals surface area contributed by atoms with Crippen LogP contribution in [0.25, 0.3) is 0 Å². The molecule has 0 aliphatic heterocycles. The number of urea groups is 1. The number of nitrogens with one attached hydrogen (secondary N) is 1. The largest absolute Gasteiger partial charge is 0.480 e. The molecule has 0 radical (unpaired) electrons. The van der Waals surface area contributed by atoms with Gasteiger partial charge < -0.3 is 15.3 Å². The maximum absolute atomic E-state index is 11.6. The summed E-state index contributed by atoms with van der Waals surface area (Å²) in [5.74, 6) is -0.951. The maximum Gasteiger partial charge on any atom is 0.323 e. The minimum atomic E-state index is -0.951. The Bertz CT molecular complexity index is 239. The van der Waals surface area contributed by atoms with Crippen LogP contribution in [0, 0.1) is 0 Å². The average molecular weight is 214 g/mol. The first-order valence-corrected chi connectivity index (χ1v) is 5.41. The Morgan fingerprint density at radius 3 is 2.60 bits per heavy atom. The van der Waals surface area contributed by atoms with Crippen LogP contribution in [0.4, 0.5) is 4.79 Å². The summed E-state index contributed by atoms with van der Waals surface area (Å²) in [4.78, 5) is 23.6. The lowest BCUT2D eigenvalue weighted by Gasteiger charge is -2.20. The highest BCUT2D eigenvalue weighted by Gasteiger charge is 2.33. The highest BCUT2D eigenvalue weighted by atomic mass is 16.4. The van der Waals surface area contributed by atoms with Crippen molar-refractivity contribution in [3.8, 4) is 0 Å². The van der Waals surface area contributed by atoms with E-state index in [2.05, 4.69) is 5.32 Å². The van der Waals surface area contributed by atoms with Gasteiger partial charge in [0.1, 0.15) is 6.54 Å². The summed E-state index contributed by atoms with van der Waals surface area (Å²) in [6, 6.07) is -0.101. The summed E-state index contributed by atoms with van der Waals surface area (Å²) in [7, 11) is 0. The van der Waals surface area contributed by atoms with E-state index in [4.69, 9.17) is 5.11 Å². The van der Waals surface area contributed by atoms with E-state index in [1.54, 1.807) is 0 Å². The number of nitrogens with zero attached hydrogens (tertiary/aromatic N) is 1. The third-order valence-corrected chi connectivity index (χ3v) is 2.36. The number of hydrogen-bond acceptors (Lipinski definition) is 2. The molecule has 1 fully saturated rings. The van der Waals surface area contributed by atoms with Gasteiger partial charge in [0.05, 0.1) is 0 Å². The lowest BCUT2D eigenvalue weighted by molar-refractivity contribution is -0.137. The van der Waals surface area contributed by atoms with Crippen molar-refractivity contribution >= 4 is 12.0 Å². The van der Waals surface area contributed by atoms with Crippen molar-refractivity contribution in [3.05, 3.63) is 0 Å². The van der Waals surface area contributed by atoms with Crippen LogP contribution in [0.2, 0.25) is 0 Å². The first-order chi connectivity index (χ1) is 7.15. The molecular formula is C10H18N2O3. The number of aliphatic carboxylic acids is 1. The number of rotatable bonds is 6. The fraction of sp³-hybridized carbons (Fsp3) is 0.800. The van der Waals surface area contributed by atoms with Gasteiger partial charge in [-0.2, -0.15) is 0 Å². The molecule has 0 aromatic heterocycles. The smallest absolute Gasteiger partial charge is 0.323 e. The van der Waals surface area contributed by atoms with E-state index in [1.165, 1.54) is 4.90 Å². The molecule has 2 N–H and O–H groups in total. The van der Waals surface area contributed by atoms with Crippen LogP contribution in [-0.4, -0.2) is 41.1 Å². The lowest BCUT2D eigenvalue weighted by Crippen LogP contribution is -2.44. The minimum absolute atomic E-state index is 0.141. The van der Waals surface area contributed by atoms with Gasteiger partial charge in [-0.3, -0.25) is 4.79 Å². The first-order valence-electron chi connectivity index (χ1n) is 5.41. The molecule has 0 aromatic rings. The van der Waals surface area contributed by atoms with Gasteiger partial charge in [-0.25, -0.2) is 4.79 Å². The number of carbonyl (C=O) groups is 2. The molecule has 1 aliphatic rings. The summed E-state index contributed by atoms with van der Waals surface area (Å²) in [5.41, 5.74) is 0. The molecule has 0 aromatic carbocycles. The van der Waals surface area contributed by atoms with Gasteiger partial charge in [0.25, 0.3) is 0 Å². The monoisotopic (exact) mass is 214 g/mol. The normalized spacial score (nSPS) is 14.7. The molecule has 5 heteroatoms. The Balaban J connectivity index is 2.34. The predicted octanol–water partition coefficient (Wildman–Crippen LogP) is 1.05. The molecule has 1 saturated carbocycles. The second-order valence-electron chi connectivity index (χ2n) is 3.84. The SMILES string of the molecule is CCCCNC(=O)N(CC(=O)O)C1CC1. The zero-order valence-corrected chi connectivity index (χ0v) is 9.03. The number of unbranched alkanes of at least 4 members (excludes halogenated alkanes) is 1.